The lowest BCUT2D eigenvalue weighted by molar-refractivity contribution is -0.124. The largest absolute Gasteiger partial charge is 0.465 e. The monoisotopic (exact) mass is 534 g/mol. The first-order chi connectivity index (χ1) is 18.3. The van der Waals surface area contributed by atoms with Crippen molar-refractivity contribution in [3.05, 3.63) is 53.4 Å². The zero-order valence-corrected chi connectivity index (χ0v) is 22.9. The van der Waals surface area contributed by atoms with Gasteiger partial charge < -0.3 is 19.5 Å². The van der Waals surface area contributed by atoms with Crippen LogP contribution in [-0.2, 0) is 16.6 Å². The van der Waals surface area contributed by atoms with Crippen molar-refractivity contribution in [1.29, 1.82) is 0 Å². The van der Waals surface area contributed by atoms with Gasteiger partial charge in [0.25, 0.3) is 5.91 Å². The van der Waals surface area contributed by atoms with Crippen molar-refractivity contribution in [2.75, 3.05) is 17.3 Å². The number of nitrogens with one attached hydrogen (secondary N) is 1. The fraction of sp³-hybridized carbons (Fsp3) is 0.448. The van der Waals surface area contributed by atoms with Gasteiger partial charge in [0.15, 0.2) is 0 Å². The maximum Gasteiger partial charge on any atom is 0.350 e. The summed E-state index contributed by atoms with van der Waals surface area (Å²) in [6.07, 6.45) is 10.2. The first-order valence-electron chi connectivity index (χ1n) is 13.3. The minimum Gasteiger partial charge on any atom is -0.465 e. The molecule has 0 aliphatic heterocycles. The summed E-state index contributed by atoms with van der Waals surface area (Å²) in [4.78, 5) is 46.5. The van der Waals surface area contributed by atoms with E-state index >= 15 is 0 Å². The van der Waals surface area contributed by atoms with Crippen molar-refractivity contribution in [2.45, 2.75) is 57.9 Å². The van der Waals surface area contributed by atoms with Crippen LogP contribution in [0.1, 0.15) is 72.0 Å². The maximum absolute atomic E-state index is 13.8. The van der Waals surface area contributed by atoms with Crippen LogP contribution in [0.5, 0.6) is 0 Å². The van der Waals surface area contributed by atoms with Crippen LogP contribution >= 0.6 is 11.3 Å². The van der Waals surface area contributed by atoms with E-state index < -0.39 is 5.97 Å². The predicted molar refractivity (Wildman–Crippen MR) is 149 cm³/mol. The summed E-state index contributed by atoms with van der Waals surface area (Å²) >= 11 is 1.34. The molecule has 8 nitrogen and oxygen atoms in total. The molecule has 2 amide bonds. The van der Waals surface area contributed by atoms with Crippen LogP contribution in [0.25, 0.3) is 10.4 Å². The van der Waals surface area contributed by atoms with Gasteiger partial charge in [0.05, 0.1) is 19.1 Å². The SMILES string of the molecule is COC(=O)c1sc(-c2ccc(NC(=O)c3cn(C)cn3)cc2)cc1N(C(=O)[C@H]1CC[C@H](C)CC1)C1CCC1. The Morgan fingerprint density at radius 3 is 2.37 bits per heavy atom. The number of carbonyl (C=O) groups excluding carboxylic acids is 3. The van der Waals surface area contributed by atoms with Crippen LogP contribution in [0.4, 0.5) is 11.4 Å². The fourth-order valence-corrected chi connectivity index (χ4v) is 6.30. The normalized spacial score (nSPS) is 19.4. The third kappa shape index (κ3) is 5.38. The molecule has 2 fully saturated rings. The second-order valence-electron chi connectivity index (χ2n) is 10.5. The molecule has 0 bridgehead atoms. The molecule has 2 heterocycles. The molecular weight excluding hydrogens is 500 g/mol. The first kappa shape index (κ1) is 26.2. The van der Waals surface area contributed by atoms with Crippen LogP contribution in [-0.4, -0.2) is 40.5 Å². The smallest absolute Gasteiger partial charge is 0.350 e. The molecule has 0 spiro atoms. The van der Waals surface area contributed by atoms with Gasteiger partial charge in [0, 0.05) is 35.8 Å². The number of amides is 2. The van der Waals surface area contributed by atoms with E-state index in [1.807, 2.05) is 42.3 Å². The molecule has 2 aliphatic rings. The van der Waals surface area contributed by atoms with Gasteiger partial charge in [-0.05, 0) is 74.6 Å². The lowest BCUT2D eigenvalue weighted by Crippen LogP contribution is -2.48. The lowest BCUT2D eigenvalue weighted by atomic mass is 9.81. The highest BCUT2D eigenvalue weighted by Gasteiger charge is 2.38. The number of hydrogen-bond donors (Lipinski definition) is 1. The van der Waals surface area contributed by atoms with E-state index in [0.717, 1.165) is 55.4 Å². The highest BCUT2D eigenvalue weighted by Crippen LogP contribution is 2.43. The topological polar surface area (TPSA) is 93.5 Å². The van der Waals surface area contributed by atoms with Gasteiger partial charge in [-0.15, -0.1) is 11.3 Å². The number of aryl methyl sites for hydroxylation is 1. The van der Waals surface area contributed by atoms with Crippen molar-refractivity contribution in [3.8, 4) is 10.4 Å². The third-order valence-electron chi connectivity index (χ3n) is 7.75. The Balaban J connectivity index is 1.42. The number of nitrogens with zero attached hydrogens (tertiary/aromatic N) is 3. The van der Waals surface area contributed by atoms with Crippen molar-refractivity contribution in [3.63, 3.8) is 0 Å². The van der Waals surface area contributed by atoms with Gasteiger partial charge in [-0.25, -0.2) is 9.78 Å². The summed E-state index contributed by atoms with van der Waals surface area (Å²) in [5.74, 6) is 0.0963. The second-order valence-corrected chi connectivity index (χ2v) is 11.6. The molecule has 1 aromatic carbocycles. The van der Waals surface area contributed by atoms with Crippen molar-refractivity contribution < 1.29 is 19.1 Å². The summed E-state index contributed by atoms with van der Waals surface area (Å²) in [5.41, 5.74) is 2.55. The Bertz CT molecular complexity index is 1320. The quantitative estimate of drug-likeness (QED) is 0.381. The van der Waals surface area contributed by atoms with Gasteiger partial charge in [0.2, 0.25) is 5.91 Å². The number of aromatic nitrogens is 2. The maximum atomic E-state index is 13.8. The van der Waals surface area contributed by atoms with Crippen LogP contribution in [0.3, 0.4) is 0 Å². The van der Waals surface area contributed by atoms with E-state index in [1.54, 1.807) is 17.1 Å². The molecule has 9 heteroatoms. The summed E-state index contributed by atoms with van der Waals surface area (Å²) in [6, 6.07) is 9.54. The standard InChI is InChI=1S/C29H34N4O4S/c1-18-7-9-20(10-8-18)28(35)33(22-5-4-6-22)24-15-25(38-26(24)29(36)37-3)19-11-13-21(14-12-19)31-27(34)23-16-32(2)17-30-23/h11-18,20,22H,4-10H2,1-3H3,(H,31,34)/t18-,20-. The number of imidazole rings is 1. The van der Waals surface area contributed by atoms with Crippen molar-refractivity contribution >= 4 is 40.5 Å². The minimum atomic E-state index is -0.426. The molecule has 0 radical (unpaired) electrons. The summed E-state index contributed by atoms with van der Waals surface area (Å²) in [5, 5.41) is 2.86. The van der Waals surface area contributed by atoms with Crippen LogP contribution < -0.4 is 10.2 Å². The molecule has 2 aliphatic carbocycles. The zero-order chi connectivity index (χ0) is 26.8. The third-order valence-corrected chi connectivity index (χ3v) is 8.90. The van der Waals surface area contributed by atoms with Crippen molar-refractivity contribution in [2.24, 2.45) is 18.9 Å². The summed E-state index contributed by atoms with van der Waals surface area (Å²) in [6.45, 7) is 2.25. The number of benzene rings is 1. The van der Waals surface area contributed by atoms with Gasteiger partial charge in [-0.2, -0.15) is 0 Å². The first-order valence-corrected chi connectivity index (χ1v) is 14.1. The average Bonchev–Trinajstić information content (AvgIpc) is 3.53. The molecule has 1 N–H and O–H groups in total. The highest BCUT2D eigenvalue weighted by atomic mass is 32.1. The van der Waals surface area contributed by atoms with Crippen LogP contribution in [0.15, 0.2) is 42.9 Å². The highest BCUT2D eigenvalue weighted by molar-refractivity contribution is 7.18. The summed E-state index contributed by atoms with van der Waals surface area (Å²) < 4.78 is 6.85. The predicted octanol–water partition coefficient (Wildman–Crippen LogP) is 5.90. The van der Waals surface area contributed by atoms with E-state index in [1.165, 1.54) is 18.4 Å². The molecule has 0 unspecified atom stereocenters. The number of carbonyl (C=O) groups is 3. The van der Waals surface area contributed by atoms with Gasteiger partial charge in [0.1, 0.15) is 10.6 Å². The van der Waals surface area contributed by atoms with Crippen LogP contribution in [0.2, 0.25) is 0 Å². The lowest BCUT2D eigenvalue weighted by Gasteiger charge is -2.40. The molecule has 2 saturated carbocycles. The van der Waals surface area contributed by atoms with E-state index in [2.05, 4.69) is 17.2 Å². The molecule has 0 saturated heterocycles. The number of methoxy groups -OCH3 is 1. The van der Waals surface area contributed by atoms with Crippen molar-refractivity contribution in [1.82, 2.24) is 9.55 Å². The number of esters is 1. The molecule has 5 rings (SSSR count). The zero-order valence-electron chi connectivity index (χ0n) is 22.1. The molecule has 0 atom stereocenters. The average molecular weight is 535 g/mol. The van der Waals surface area contributed by atoms with E-state index in [0.29, 0.717) is 27.9 Å². The van der Waals surface area contributed by atoms with E-state index in [4.69, 9.17) is 4.74 Å². The Morgan fingerprint density at radius 2 is 1.79 bits per heavy atom. The van der Waals surface area contributed by atoms with Gasteiger partial charge in [-0.1, -0.05) is 19.1 Å². The molecular formula is C29H34N4O4S. The number of rotatable bonds is 7. The van der Waals surface area contributed by atoms with E-state index in [9.17, 15) is 14.4 Å². The Kier molecular flexibility index (Phi) is 7.65. The molecule has 200 valence electrons. The molecule has 2 aromatic heterocycles. The van der Waals surface area contributed by atoms with Gasteiger partial charge >= 0.3 is 5.97 Å². The Labute approximate surface area is 227 Å². The van der Waals surface area contributed by atoms with E-state index in [-0.39, 0.29) is 23.8 Å². The number of ether oxygens (including phenoxy) is 1. The second kappa shape index (κ2) is 11.1. The number of thiophene rings is 1. The molecule has 3 aromatic rings. The summed E-state index contributed by atoms with van der Waals surface area (Å²) in [7, 11) is 3.19. The number of hydrogen-bond acceptors (Lipinski definition) is 6. The Hall–Kier alpha value is -3.46. The van der Waals surface area contributed by atoms with Gasteiger partial charge in [-0.3, -0.25) is 9.59 Å². The Morgan fingerprint density at radius 1 is 1.08 bits per heavy atom. The minimum absolute atomic E-state index is 0.00245. The van der Waals surface area contributed by atoms with Crippen LogP contribution in [0, 0.1) is 11.8 Å². The number of anilines is 2. The molecule has 38 heavy (non-hydrogen) atoms. The fourth-order valence-electron chi connectivity index (χ4n) is 5.23.